The van der Waals surface area contributed by atoms with Crippen LogP contribution in [0, 0.1) is 13.8 Å². The van der Waals surface area contributed by atoms with Crippen molar-refractivity contribution in [1.29, 1.82) is 0 Å². The first-order valence-electron chi connectivity index (χ1n) is 10.6. The molecule has 0 N–H and O–H groups in total. The van der Waals surface area contributed by atoms with Crippen LogP contribution >= 0.6 is 11.6 Å². The van der Waals surface area contributed by atoms with Gasteiger partial charge in [0.15, 0.2) is 5.65 Å². The van der Waals surface area contributed by atoms with Crippen molar-refractivity contribution in [3.63, 3.8) is 0 Å². The fourth-order valence-electron chi connectivity index (χ4n) is 4.20. The van der Waals surface area contributed by atoms with Gasteiger partial charge in [-0.2, -0.15) is 5.10 Å². The molecule has 0 fully saturated rings. The highest BCUT2D eigenvalue weighted by molar-refractivity contribution is 6.32. The first kappa shape index (κ1) is 21.2. The molecule has 0 saturated carbocycles. The monoisotopic (exact) mass is 460 g/mol. The summed E-state index contributed by atoms with van der Waals surface area (Å²) in [5.74, 6) is 0. The van der Waals surface area contributed by atoms with Crippen molar-refractivity contribution < 1.29 is 4.42 Å². The van der Waals surface area contributed by atoms with Crippen molar-refractivity contribution in [3.8, 4) is 5.69 Å². The fourth-order valence-corrected chi connectivity index (χ4v) is 4.49. The fraction of sp³-hybridized carbons (Fsp3) is 0.200. The summed E-state index contributed by atoms with van der Waals surface area (Å²) in [7, 11) is 0. The van der Waals surface area contributed by atoms with E-state index >= 15 is 0 Å². The Hall–Kier alpha value is -3.71. The van der Waals surface area contributed by atoms with E-state index in [1.807, 2.05) is 32.9 Å². The summed E-state index contributed by atoms with van der Waals surface area (Å²) in [6, 6.07) is 11.0. The van der Waals surface area contributed by atoms with Gasteiger partial charge in [-0.05, 0) is 66.8 Å². The molecule has 0 aliphatic heterocycles. The topological polar surface area (TPSA) is 82.9 Å². The molecule has 0 aliphatic rings. The molecule has 0 aliphatic carbocycles. The minimum absolute atomic E-state index is 0.153. The van der Waals surface area contributed by atoms with Gasteiger partial charge in [0.25, 0.3) is 5.56 Å². The maximum Gasteiger partial charge on any atom is 0.336 e. The standard InChI is InChI=1S/C25H21ClN4O3/c1-4-16-8-22-19(10-21(16)26)17(9-23(31)33-22)12-29-13-27-24-20(25(29)32)11-28-30(24)18-6-14(2)5-15(3)7-18/h5-11,13H,4,12H2,1-3H3. The number of halogens is 1. The molecule has 5 aromatic rings. The second-order valence-electron chi connectivity index (χ2n) is 8.20. The van der Waals surface area contributed by atoms with E-state index in [4.69, 9.17) is 16.0 Å². The lowest BCUT2D eigenvalue weighted by Crippen LogP contribution is -2.21. The SMILES string of the molecule is CCc1cc2oc(=O)cc(Cn3cnc4c(cnn4-c4cc(C)cc(C)c4)c3=O)c2cc1Cl. The van der Waals surface area contributed by atoms with E-state index in [-0.39, 0.29) is 12.1 Å². The maximum atomic E-state index is 13.2. The molecule has 0 bridgehead atoms. The lowest BCUT2D eigenvalue weighted by atomic mass is 10.1. The Bertz CT molecular complexity index is 1640. The third-order valence-electron chi connectivity index (χ3n) is 5.72. The van der Waals surface area contributed by atoms with Gasteiger partial charge in [0, 0.05) is 16.5 Å². The minimum atomic E-state index is -0.480. The number of aromatic nitrogens is 4. The van der Waals surface area contributed by atoms with Gasteiger partial charge in [-0.15, -0.1) is 0 Å². The van der Waals surface area contributed by atoms with Crippen molar-refractivity contribution in [2.45, 2.75) is 33.7 Å². The zero-order valence-corrected chi connectivity index (χ0v) is 19.2. The molecule has 5 rings (SSSR count). The van der Waals surface area contributed by atoms with Crippen molar-refractivity contribution in [3.05, 3.63) is 97.0 Å². The highest BCUT2D eigenvalue weighted by Gasteiger charge is 2.15. The molecule has 3 aromatic heterocycles. The summed E-state index contributed by atoms with van der Waals surface area (Å²) in [5.41, 5.74) is 4.78. The molecule has 33 heavy (non-hydrogen) atoms. The van der Waals surface area contributed by atoms with E-state index < -0.39 is 5.63 Å². The van der Waals surface area contributed by atoms with Crippen LogP contribution in [0.1, 0.15) is 29.2 Å². The van der Waals surface area contributed by atoms with Crippen molar-refractivity contribution in [1.82, 2.24) is 19.3 Å². The lowest BCUT2D eigenvalue weighted by Gasteiger charge is -2.10. The van der Waals surface area contributed by atoms with E-state index in [0.29, 0.717) is 39.0 Å². The number of benzene rings is 2. The summed E-state index contributed by atoms with van der Waals surface area (Å²) in [6.07, 6.45) is 3.72. The van der Waals surface area contributed by atoms with Gasteiger partial charge in [0.1, 0.15) is 17.3 Å². The van der Waals surface area contributed by atoms with Crippen LogP contribution in [-0.4, -0.2) is 19.3 Å². The maximum absolute atomic E-state index is 13.2. The Morgan fingerprint density at radius 2 is 1.73 bits per heavy atom. The van der Waals surface area contributed by atoms with E-state index in [9.17, 15) is 9.59 Å². The average Bonchev–Trinajstić information content (AvgIpc) is 3.20. The van der Waals surface area contributed by atoms with Crippen molar-refractivity contribution in [2.24, 2.45) is 0 Å². The van der Waals surface area contributed by atoms with Crippen LogP contribution in [0.3, 0.4) is 0 Å². The molecular weight excluding hydrogens is 440 g/mol. The molecule has 7 nitrogen and oxygen atoms in total. The predicted molar refractivity (Wildman–Crippen MR) is 129 cm³/mol. The van der Waals surface area contributed by atoms with E-state index in [1.165, 1.54) is 23.2 Å². The van der Waals surface area contributed by atoms with Crippen molar-refractivity contribution >= 4 is 33.6 Å². The Balaban J connectivity index is 1.62. The molecule has 0 spiro atoms. The molecule has 166 valence electrons. The molecule has 8 heteroatoms. The van der Waals surface area contributed by atoms with Crippen LogP contribution in [0.4, 0.5) is 0 Å². The van der Waals surface area contributed by atoms with Gasteiger partial charge < -0.3 is 4.42 Å². The second kappa shape index (κ2) is 8.01. The summed E-state index contributed by atoms with van der Waals surface area (Å²) >= 11 is 6.40. The number of fused-ring (bicyclic) bond motifs is 2. The molecule has 0 unspecified atom stereocenters. The normalized spacial score (nSPS) is 11.5. The Morgan fingerprint density at radius 1 is 0.970 bits per heavy atom. The zero-order chi connectivity index (χ0) is 23.3. The van der Waals surface area contributed by atoms with E-state index in [1.54, 1.807) is 16.8 Å². The van der Waals surface area contributed by atoms with E-state index in [2.05, 4.69) is 16.1 Å². The average molecular weight is 461 g/mol. The first-order chi connectivity index (χ1) is 15.8. The Morgan fingerprint density at radius 3 is 2.45 bits per heavy atom. The molecule has 0 saturated heterocycles. The van der Waals surface area contributed by atoms with Crippen LogP contribution in [0.2, 0.25) is 5.02 Å². The highest BCUT2D eigenvalue weighted by atomic mass is 35.5. The van der Waals surface area contributed by atoms with Gasteiger partial charge >= 0.3 is 5.63 Å². The van der Waals surface area contributed by atoms with Gasteiger partial charge in [-0.25, -0.2) is 14.5 Å². The Labute approximate surface area is 193 Å². The Kier molecular flexibility index (Phi) is 5.13. The summed E-state index contributed by atoms with van der Waals surface area (Å²) in [6.45, 7) is 6.16. The molecule has 2 aromatic carbocycles. The number of rotatable bonds is 4. The number of aryl methyl sites for hydroxylation is 3. The predicted octanol–water partition coefficient (Wildman–Crippen LogP) is 4.57. The van der Waals surface area contributed by atoms with Crippen LogP contribution in [0.5, 0.6) is 0 Å². The van der Waals surface area contributed by atoms with Gasteiger partial charge in [-0.3, -0.25) is 9.36 Å². The summed E-state index contributed by atoms with van der Waals surface area (Å²) < 4.78 is 8.51. The molecule has 0 amide bonds. The molecule has 0 atom stereocenters. The van der Waals surface area contributed by atoms with Gasteiger partial charge in [0.05, 0.1) is 18.4 Å². The van der Waals surface area contributed by atoms with Crippen molar-refractivity contribution in [2.75, 3.05) is 0 Å². The highest BCUT2D eigenvalue weighted by Crippen LogP contribution is 2.26. The van der Waals surface area contributed by atoms with Crippen LogP contribution < -0.4 is 11.2 Å². The second-order valence-corrected chi connectivity index (χ2v) is 8.61. The van der Waals surface area contributed by atoms with Gasteiger partial charge in [0.2, 0.25) is 0 Å². The largest absolute Gasteiger partial charge is 0.423 e. The van der Waals surface area contributed by atoms with Crippen LogP contribution in [0.15, 0.2) is 62.9 Å². The zero-order valence-electron chi connectivity index (χ0n) is 18.4. The number of hydrogen-bond donors (Lipinski definition) is 0. The van der Waals surface area contributed by atoms with Gasteiger partial charge in [-0.1, -0.05) is 24.6 Å². The van der Waals surface area contributed by atoms with Crippen LogP contribution in [0.25, 0.3) is 27.7 Å². The molecular formula is C25H21ClN4O3. The summed E-state index contributed by atoms with van der Waals surface area (Å²) in [4.78, 5) is 29.9. The van der Waals surface area contributed by atoms with E-state index in [0.717, 1.165) is 22.4 Å². The third kappa shape index (κ3) is 3.74. The minimum Gasteiger partial charge on any atom is -0.423 e. The number of hydrogen-bond acceptors (Lipinski definition) is 5. The first-order valence-corrected chi connectivity index (χ1v) is 11.0. The molecule has 0 radical (unpaired) electrons. The lowest BCUT2D eigenvalue weighted by molar-refractivity contribution is 0.557. The van der Waals surface area contributed by atoms with Crippen LogP contribution in [-0.2, 0) is 13.0 Å². The smallest absolute Gasteiger partial charge is 0.336 e. The third-order valence-corrected chi connectivity index (χ3v) is 6.08. The quantitative estimate of drug-likeness (QED) is 0.367. The number of nitrogens with zero attached hydrogens (tertiary/aromatic N) is 4. The summed E-state index contributed by atoms with van der Waals surface area (Å²) in [5, 5.41) is 6.09. The molecule has 3 heterocycles.